The van der Waals surface area contributed by atoms with Gasteiger partial charge in [0.2, 0.25) is 5.91 Å². The Morgan fingerprint density at radius 3 is 2.76 bits per heavy atom. The highest BCUT2D eigenvalue weighted by Gasteiger charge is 2.28. The summed E-state index contributed by atoms with van der Waals surface area (Å²) in [6.45, 7) is 3.83. The van der Waals surface area contributed by atoms with E-state index in [0.29, 0.717) is 0 Å². The normalized spacial score (nSPS) is 23.3. The first-order valence-corrected chi connectivity index (χ1v) is 8.54. The van der Waals surface area contributed by atoms with Gasteiger partial charge >= 0.3 is 0 Å². The number of benzene rings is 1. The monoisotopic (exact) mass is 351 g/mol. The molecule has 2 saturated heterocycles. The van der Waals surface area contributed by atoms with Gasteiger partial charge in [-0.3, -0.25) is 4.79 Å². The van der Waals surface area contributed by atoms with Crippen LogP contribution in [-0.4, -0.2) is 38.1 Å². The molecular formula is C16H22BrN3O. The second-order valence-electron chi connectivity index (χ2n) is 5.92. The average molecular weight is 352 g/mol. The third kappa shape index (κ3) is 3.58. The lowest BCUT2D eigenvalue weighted by atomic mass is 9.97. The molecule has 0 aromatic heterocycles. The first-order chi connectivity index (χ1) is 10.2. The maximum atomic E-state index is 12.3. The maximum absolute atomic E-state index is 12.3. The molecule has 0 saturated carbocycles. The van der Waals surface area contributed by atoms with Crippen LogP contribution in [0.25, 0.3) is 0 Å². The highest BCUT2D eigenvalue weighted by molar-refractivity contribution is 9.10. The highest BCUT2D eigenvalue weighted by Crippen LogP contribution is 2.28. The van der Waals surface area contributed by atoms with Crippen molar-refractivity contribution in [3.8, 4) is 0 Å². The Bertz CT molecular complexity index is 502. The van der Waals surface area contributed by atoms with Crippen molar-refractivity contribution >= 4 is 27.5 Å². The molecule has 2 aliphatic rings. The number of rotatable bonds is 3. The van der Waals surface area contributed by atoms with Gasteiger partial charge in [-0.25, -0.2) is 0 Å². The molecule has 2 heterocycles. The van der Waals surface area contributed by atoms with Crippen molar-refractivity contribution in [1.82, 2.24) is 10.6 Å². The average Bonchev–Trinajstić information content (AvgIpc) is 2.97. The molecule has 0 bridgehead atoms. The summed E-state index contributed by atoms with van der Waals surface area (Å²) in [5.74, 6) is 0.444. The Labute approximate surface area is 134 Å². The van der Waals surface area contributed by atoms with Crippen molar-refractivity contribution in [1.29, 1.82) is 0 Å². The minimum atomic E-state index is 0.198. The molecule has 1 aromatic rings. The van der Waals surface area contributed by atoms with Crippen LogP contribution >= 0.6 is 15.9 Å². The van der Waals surface area contributed by atoms with Crippen molar-refractivity contribution in [2.24, 2.45) is 5.92 Å². The predicted octanol–water partition coefficient (Wildman–Crippen LogP) is 2.14. The van der Waals surface area contributed by atoms with Crippen molar-refractivity contribution in [3.63, 3.8) is 0 Å². The van der Waals surface area contributed by atoms with Gasteiger partial charge in [-0.05, 0) is 60.4 Å². The SMILES string of the molecule is O=C(NC1CCN(c2ccccc2Br)C1)C1CCNCC1. The van der Waals surface area contributed by atoms with Crippen LogP contribution in [0.3, 0.4) is 0 Å². The van der Waals surface area contributed by atoms with E-state index in [1.807, 2.05) is 6.07 Å². The molecule has 0 spiro atoms. The standard InChI is InChI=1S/C16H22BrN3O/c17-14-3-1-2-4-15(14)20-10-7-13(11-20)19-16(21)12-5-8-18-9-6-12/h1-4,12-13,18H,5-11H2,(H,19,21). The molecule has 0 radical (unpaired) electrons. The number of nitrogens with one attached hydrogen (secondary N) is 2. The number of piperidine rings is 1. The van der Waals surface area contributed by atoms with E-state index in [1.54, 1.807) is 0 Å². The molecule has 0 aliphatic carbocycles. The summed E-state index contributed by atoms with van der Waals surface area (Å²) in [7, 11) is 0. The van der Waals surface area contributed by atoms with E-state index < -0.39 is 0 Å². The molecule has 3 rings (SSSR count). The zero-order valence-electron chi connectivity index (χ0n) is 12.1. The van der Waals surface area contributed by atoms with E-state index >= 15 is 0 Å². The predicted molar refractivity (Wildman–Crippen MR) is 88.5 cm³/mol. The molecule has 4 nitrogen and oxygen atoms in total. The Balaban J connectivity index is 1.55. The Morgan fingerprint density at radius 2 is 2.00 bits per heavy atom. The van der Waals surface area contributed by atoms with Gasteiger partial charge in [0.05, 0.1) is 5.69 Å². The van der Waals surface area contributed by atoms with Crippen LogP contribution in [0.4, 0.5) is 5.69 Å². The number of halogens is 1. The topological polar surface area (TPSA) is 44.4 Å². The van der Waals surface area contributed by atoms with Crippen LogP contribution in [0, 0.1) is 5.92 Å². The first-order valence-electron chi connectivity index (χ1n) is 7.74. The minimum Gasteiger partial charge on any atom is -0.368 e. The molecule has 1 unspecified atom stereocenters. The summed E-state index contributed by atoms with van der Waals surface area (Å²) in [5.41, 5.74) is 1.22. The van der Waals surface area contributed by atoms with E-state index in [2.05, 4.69) is 49.7 Å². The number of hydrogen-bond acceptors (Lipinski definition) is 3. The first kappa shape index (κ1) is 14.9. The smallest absolute Gasteiger partial charge is 0.223 e. The largest absolute Gasteiger partial charge is 0.368 e. The Hall–Kier alpha value is -1.07. The lowest BCUT2D eigenvalue weighted by Gasteiger charge is -2.24. The highest BCUT2D eigenvalue weighted by atomic mass is 79.9. The minimum absolute atomic E-state index is 0.198. The molecule has 2 N–H and O–H groups in total. The van der Waals surface area contributed by atoms with Crippen LogP contribution < -0.4 is 15.5 Å². The summed E-state index contributed by atoms with van der Waals surface area (Å²) in [5, 5.41) is 6.55. The van der Waals surface area contributed by atoms with Gasteiger partial charge in [0.1, 0.15) is 0 Å². The van der Waals surface area contributed by atoms with Crippen LogP contribution in [0.5, 0.6) is 0 Å². The molecule has 1 aromatic carbocycles. The van der Waals surface area contributed by atoms with Crippen molar-refractivity contribution in [2.45, 2.75) is 25.3 Å². The van der Waals surface area contributed by atoms with Crippen molar-refractivity contribution < 1.29 is 4.79 Å². The second kappa shape index (κ2) is 6.79. The molecule has 2 fully saturated rings. The quantitative estimate of drug-likeness (QED) is 0.876. The van der Waals surface area contributed by atoms with E-state index in [1.165, 1.54) is 5.69 Å². The fourth-order valence-corrected chi connectivity index (χ4v) is 3.74. The Kier molecular flexibility index (Phi) is 4.80. The lowest BCUT2D eigenvalue weighted by Crippen LogP contribution is -2.43. The molecule has 114 valence electrons. The molecule has 5 heteroatoms. The third-order valence-corrected chi connectivity index (χ3v) is 5.11. The summed E-state index contributed by atoms with van der Waals surface area (Å²) in [4.78, 5) is 14.6. The van der Waals surface area contributed by atoms with Crippen molar-refractivity contribution in [3.05, 3.63) is 28.7 Å². The van der Waals surface area contributed by atoms with Gasteiger partial charge < -0.3 is 15.5 Å². The van der Waals surface area contributed by atoms with Crippen molar-refractivity contribution in [2.75, 3.05) is 31.1 Å². The van der Waals surface area contributed by atoms with Crippen LogP contribution in [-0.2, 0) is 4.79 Å². The Morgan fingerprint density at radius 1 is 1.24 bits per heavy atom. The van der Waals surface area contributed by atoms with Crippen LogP contribution in [0.2, 0.25) is 0 Å². The zero-order valence-corrected chi connectivity index (χ0v) is 13.7. The fraction of sp³-hybridized carbons (Fsp3) is 0.562. The van der Waals surface area contributed by atoms with Gasteiger partial charge in [-0.2, -0.15) is 0 Å². The lowest BCUT2D eigenvalue weighted by molar-refractivity contribution is -0.126. The number of anilines is 1. The zero-order chi connectivity index (χ0) is 14.7. The number of carbonyl (C=O) groups is 1. The number of para-hydroxylation sites is 1. The molecule has 1 amide bonds. The number of carbonyl (C=O) groups excluding carboxylic acids is 1. The number of hydrogen-bond donors (Lipinski definition) is 2. The summed E-state index contributed by atoms with van der Waals surface area (Å²) >= 11 is 3.60. The van der Waals surface area contributed by atoms with Gasteiger partial charge in [0.25, 0.3) is 0 Å². The summed E-state index contributed by atoms with van der Waals surface area (Å²) in [6, 6.07) is 8.55. The fourth-order valence-electron chi connectivity index (χ4n) is 3.21. The third-order valence-electron chi connectivity index (χ3n) is 4.44. The summed E-state index contributed by atoms with van der Waals surface area (Å²) < 4.78 is 1.12. The number of nitrogens with zero attached hydrogens (tertiary/aromatic N) is 1. The maximum Gasteiger partial charge on any atom is 0.223 e. The van der Waals surface area contributed by atoms with Crippen LogP contribution in [0.15, 0.2) is 28.7 Å². The molecular weight excluding hydrogens is 330 g/mol. The van der Waals surface area contributed by atoms with Crippen LogP contribution in [0.1, 0.15) is 19.3 Å². The van der Waals surface area contributed by atoms with Gasteiger partial charge in [0.15, 0.2) is 0 Å². The van der Waals surface area contributed by atoms with Gasteiger partial charge in [-0.1, -0.05) is 12.1 Å². The second-order valence-corrected chi connectivity index (χ2v) is 6.77. The van der Waals surface area contributed by atoms with Gasteiger partial charge in [-0.15, -0.1) is 0 Å². The molecule has 1 atom stereocenters. The summed E-state index contributed by atoms with van der Waals surface area (Å²) in [6.07, 6.45) is 2.96. The van der Waals surface area contributed by atoms with Gasteiger partial charge in [0, 0.05) is 29.5 Å². The van der Waals surface area contributed by atoms with E-state index in [9.17, 15) is 4.79 Å². The number of amides is 1. The van der Waals surface area contributed by atoms with E-state index in [-0.39, 0.29) is 17.9 Å². The van der Waals surface area contributed by atoms with E-state index in [4.69, 9.17) is 0 Å². The molecule has 2 aliphatic heterocycles. The van der Waals surface area contributed by atoms with E-state index in [0.717, 1.165) is 49.9 Å². The molecule has 21 heavy (non-hydrogen) atoms.